The summed E-state index contributed by atoms with van der Waals surface area (Å²) in [5, 5.41) is 21.2. The van der Waals surface area contributed by atoms with Crippen LogP contribution in [0.25, 0.3) is 6.08 Å². The minimum atomic E-state index is -0.518. The third-order valence-corrected chi connectivity index (χ3v) is 5.62. The molecule has 1 heterocycles. The smallest absolute Gasteiger partial charge is 0.268 e. The summed E-state index contributed by atoms with van der Waals surface area (Å²) in [5.41, 5.74) is 1.88. The molecule has 0 aliphatic heterocycles. The largest absolute Gasteiger partial charge is 0.491 e. The SMILES string of the molecule is CCCc1nnc(NC(=O)C(C#N)=Cc2ccc(OCCOCCOc3ccc(C)cc3)cc2)s1. The van der Waals surface area contributed by atoms with Crippen LogP contribution in [0.15, 0.2) is 54.1 Å². The summed E-state index contributed by atoms with van der Waals surface area (Å²) >= 11 is 1.31. The molecule has 0 fully saturated rings. The van der Waals surface area contributed by atoms with E-state index in [1.807, 2.05) is 44.2 Å². The third-order valence-electron chi connectivity index (χ3n) is 4.72. The topological polar surface area (TPSA) is 106 Å². The molecular weight excluding hydrogens is 464 g/mol. The van der Waals surface area contributed by atoms with Crippen molar-refractivity contribution in [2.24, 2.45) is 0 Å². The van der Waals surface area contributed by atoms with Gasteiger partial charge in [0.25, 0.3) is 5.91 Å². The summed E-state index contributed by atoms with van der Waals surface area (Å²) in [6.45, 7) is 5.85. The zero-order valence-corrected chi connectivity index (χ0v) is 20.6. The summed E-state index contributed by atoms with van der Waals surface area (Å²) in [6.07, 6.45) is 3.27. The number of benzene rings is 2. The van der Waals surface area contributed by atoms with Gasteiger partial charge in [0.15, 0.2) is 0 Å². The van der Waals surface area contributed by atoms with E-state index in [-0.39, 0.29) is 5.57 Å². The molecule has 8 nitrogen and oxygen atoms in total. The highest BCUT2D eigenvalue weighted by molar-refractivity contribution is 7.15. The molecule has 0 radical (unpaired) electrons. The van der Waals surface area contributed by atoms with Gasteiger partial charge in [-0.15, -0.1) is 10.2 Å². The normalized spacial score (nSPS) is 11.1. The molecule has 1 N–H and O–H groups in total. The number of hydrogen-bond donors (Lipinski definition) is 1. The van der Waals surface area contributed by atoms with Gasteiger partial charge in [0.2, 0.25) is 5.13 Å². The number of nitriles is 1. The van der Waals surface area contributed by atoms with Gasteiger partial charge in [0.05, 0.1) is 13.2 Å². The second-order valence-corrected chi connectivity index (χ2v) is 8.63. The van der Waals surface area contributed by atoms with Crippen LogP contribution in [0.2, 0.25) is 0 Å². The number of carbonyl (C=O) groups excluding carboxylic acids is 1. The monoisotopic (exact) mass is 492 g/mol. The number of amides is 1. The lowest BCUT2D eigenvalue weighted by Crippen LogP contribution is -2.13. The van der Waals surface area contributed by atoms with Crippen LogP contribution in [0, 0.1) is 18.3 Å². The molecule has 0 spiro atoms. The van der Waals surface area contributed by atoms with Gasteiger partial charge in [0, 0.05) is 6.42 Å². The van der Waals surface area contributed by atoms with Crippen LogP contribution in [0.5, 0.6) is 11.5 Å². The van der Waals surface area contributed by atoms with Gasteiger partial charge >= 0.3 is 0 Å². The van der Waals surface area contributed by atoms with Gasteiger partial charge in [-0.3, -0.25) is 10.1 Å². The summed E-state index contributed by atoms with van der Waals surface area (Å²) in [6, 6.07) is 16.9. The first-order valence-electron chi connectivity index (χ1n) is 11.3. The van der Waals surface area contributed by atoms with Gasteiger partial charge < -0.3 is 14.2 Å². The van der Waals surface area contributed by atoms with E-state index in [4.69, 9.17) is 14.2 Å². The molecule has 0 saturated heterocycles. The average Bonchev–Trinajstić information content (AvgIpc) is 3.30. The molecule has 0 aliphatic rings. The van der Waals surface area contributed by atoms with E-state index in [0.29, 0.717) is 42.9 Å². The molecule has 1 amide bonds. The highest BCUT2D eigenvalue weighted by Crippen LogP contribution is 2.19. The van der Waals surface area contributed by atoms with E-state index < -0.39 is 5.91 Å². The summed E-state index contributed by atoms with van der Waals surface area (Å²) in [7, 11) is 0. The Morgan fingerprint density at radius 1 is 1.00 bits per heavy atom. The molecule has 3 rings (SSSR count). The maximum atomic E-state index is 12.4. The van der Waals surface area contributed by atoms with Crippen molar-refractivity contribution in [2.45, 2.75) is 26.7 Å². The number of carbonyl (C=O) groups is 1. The fourth-order valence-electron chi connectivity index (χ4n) is 2.93. The fraction of sp³-hybridized carbons (Fsp3) is 0.308. The van der Waals surface area contributed by atoms with Crippen LogP contribution in [0.3, 0.4) is 0 Å². The van der Waals surface area contributed by atoms with Crippen LogP contribution in [-0.2, 0) is 16.0 Å². The molecule has 0 saturated carbocycles. The lowest BCUT2D eigenvalue weighted by Gasteiger charge is -2.09. The first kappa shape index (κ1) is 25.9. The van der Waals surface area contributed by atoms with E-state index in [2.05, 4.69) is 15.5 Å². The van der Waals surface area contributed by atoms with E-state index >= 15 is 0 Å². The van der Waals surface area contributed by atoms with Crippen molar-refractivity contribution in [1.82, 2.24) is 10.2 Å². The van der Waals surface area contributed by atoms with Gasteiger partial charge in [-0.2, -0.15) is 5.26 Å². The van der Waals surface area contributed by atoms with Crippen molar-refractivity contribution in [3.05, 3.63) is 70.2 Å². The standard InChI is InChI=1S/C26H28N4O4S/c1-3-4-24-29-30-26(35-24)28-25(31)21(18-27)17-20-7-11-23(12-8-20)34-16-14-32-13-15-33-22-9-5-19(2)6-10-22/h5-12,17H,3-4,13-16H2,1-2H3,(H,28,30,31). The molecule has 3 aromatic rings. The highest BCUT2D eigenvalue weighted by atomic mass is 32.1. The van der Waals surface area contributed by atoms with Crippen LogP contribution in [-0.4, -0.2) is 42.5 Å². The maximum absolute atomic E-state index is 12.4. The Kier molecular flexibility index (Phi) is 10.2. The third kappa shape index (κ3) is 8.85. The van der Waals surface area contributed by atoms with E-state index in [1.54, 1.807) is 24.3 Å². The Labute approximate surface area is 209 Å². The Morgan fingerprint density at radius 3 is 2.23 bits per heavy atom. The quantitative estimate of drug-likeness (QED) is 0.207. The van der Waals surface area contributed by atoms with Crippen LogP contribution >= 0.6 is 11.3 Å². The molecule has 0 bridgehead atoms. The number of aryl methyl sites for hydroxylation is 2. The van der Waals surface area contributed by atoms with E-state index in [0.717, 1.165) is 23.6 Å². The van der Waals surface area contributed by atoms with E-state index in [9.17, 15) is 10.1 Å². The molecule has 35 heavy (non-hydrogen) atoms. The lowest BCUT2D eigenvalue weighted by molar-refractivity contribution is -0.112. The molecule has 0 unspecified atom stereocenters. The Hall–Kier alpha value is -3.74. The first-order valence-corrected chi connectivity index (χ1v) is 12.1. The van der Waals surface area contributed by atoms with Gasteiger partial charge in [-0.1, -0.05) is 48.1 Å². The van der Waals surface area contributed by atoms with Crippen molar-refractivity contribution in [1.29, 1.82) is 5.26 Å². The van der Waals surface area contributed by atoms with Crippen LogP contribution < -0.4 is 14.8 Å². The molecule has 182 valence electrons. The number of nitrogens with one attached hydrogen (secondary N) is 1. The van der Waals surface area contributed by atoms with Crippen molar-refractivity contribution < 1.29 is 19.0 Å². The average molecular weight is 493 g/mol. The van der Waals surface area contributed by atoms with Crippen molar-refractivity contribution in [3.8, 4) is 17.6 Å². The summed E-state index contributed by atoms with van der Waals surface area (Å²) in [4.78, 5) is 12.4. The second kappa shape index (κ2) is 13.8. The lowest BCUT2D eigenvalue weighted by atomic mass is 10.1. The number of hydrogen-bond acceptors (Lipinski definition) is 8. The minimum absolute atomic E-state index is 0.0211. The molecular formula is C26H28N4O4S. The van der Waals surface area contributed by atoms with Crippen molar-refractivity contribution >= 4 is 28.5 Å². The molecule has 0 atom stereocenters. The number of rotatable bonds is 13. The zero-order valence-electron chi connectivity index (χ0n) is 19.8. The zero-order chi connectivity index (χ0) is 24.9. The first-order chi connectivity index (χ1) is 17.1. The summed E-state index contributed by atoms with van der Waals surface area (Å²) in [5.74, 6) is 0.973. The van der Waals surface area contributed by atoms with E-state index in [1.165, 1.54) is 23.0 Å². The van der Waals surface area contributed by atoms with Crippen molar-refractivity contribution in [3.63, 3.8) is 0 Å². The maximum Gasteiger partial charge on any atom is 0.268 e. The fourth-order valence-corrected chi connectivity index (χ4v) is 3.77. The van der Waals surface area contributed by atoms with Crippen LogP contribution in [0.1, 0.15) is 29.5 Å². The van der Waals surface area contributed by atoms with Gasteiger partial charge in [-0.25, -0.2) is 0 Å². The highest BCUT2D eigenvalue weighted by Gasteiger charge is 2.12. The van der Waals surface area contributed by atoms with Crippen LogP contribution in [0.4, 0.5) is 5.13 Å². The van der Waals surface area contributed by atoms with Gasteiger partial charge in [0.1, 0.15) is 41.4 Å². The Morgan fingerprint density at radius 2 is 1.63 bits per heavy atom. The number of anilines is 1. The number of ether oxygens (including phenoxy) is 3. The van der Waals surface area contributed by atoms with Gasteiger partial charge in [-0.05, 0) is 49.2 Å². The molecule has 0 aliphatic carbocycles. The second-order valence-electron chi connectivity index (χ2n) is 7.57. The predicted octanol–water partition coefficient (Wildman–Crippen LogP) is 4.82. The number of aromatic nitrogens is 2. The summed E-state index contributed by atoms with van der Waals surface area (Å²) < 4.78 is 16.8. The van der Waals surface area contributed by atoms with Crippen molar-refractivity contribution in [2.75, 3.05) is 31.7 Å². The molecule has 9 heteroatoms. The number of nitrogens with zero attached hydrogens (tertiary/aromatic N) is 3. The Bertz CT molecular complexity index is 1150. The molecule has 1 aromatic heterocycles. The Balaban J connectivity index is 1.38. The minimum Gasteiger partial charge on any atom is -0.491 e. The predicted molar refractivity (Wildman–Crippen MR) is 136 cm³/mol. The molecule has 2 aromatic carbocycles.